The SMILES string of the molecule is CCOc1cccc(-n2cc(C(=O)N3CCN(c4cc(C(=O)O)c5ccccc5c4)C[C@H]3COCC(=O)O)nc2-c2ccc(C)cc2F)c1. The summed E-state index contributed by atoms with van der Waals surface area (Å²) in [7, 11) is 0. The van der Waals surface area contributed by atoms with Crippen molar-refractivity contribution in [2.45, 2.75) is 19.9 Å². The number of anilines is 1. The third-order valence-electron chi connectivity index (χ3n) is 8.42. The Bertz CT molecular complexity index is 2040. The van der Waals surface area contributed by atoms with E-state index < -0.39 is 36.3 Å². The fourth-order valence-corrected chi connectivity index (χ4v) is 6.14. The minimum atomic E-state index is -1.15. The molecule has 252 valence electrons. The second kappa shape index (κ2) is 14.2. The molecule has 12 heteroatoms. The number of nitrogens with zero attached hydrogens (tertiary/aromatic N) is 4. The smallest absolute Gasteiger partial charge is 0.336 e. The third-order valence-corrected chi connectivity index (χ3v) is 8.42. The molecule has 11 nitrogen and oxygen atoms in total. The van der Waals surface area contributed by atoms with E-state index in [1.807, 2.05) is 36.1 Å². The first-order valence-corrected chi connectivity index (χ1v) is 15.8. The van der Waals surface area contributed by atoms with E-state index in [-0.39, 0.29) is 42.3 Å². The zero-order valence-corrected chi connectivity index (χ0v) is 27.0. The summed E-state index contributed by atoms with van der Waals surface area (Å²) < 4.78 is 28.2. The lowest BCUT2D eigenvalue weighted by Gasteiger charge is -2.42. The van der Waals surface area contributed by atoms with Crippen LogP contribution in [0.3, 0.4) is 0 Å². The van der Waals surface area contributed by atoms with E-state index in [4.69, 9.17) is 9.47 Å². The molecule has 1 saturated heterocycles. The largest absolute Gasteiger partial charge is 0.494 e. The summed E-state index contributed by atoms with van der Waals surface area (Å²) in [6, 6.07) is 22.1. The predicted octanol–water partition coefficient (Wildman–Crippen LogP) is 5.67. The van der Waals surface area contributed by atoms with Gasteiger partial charge in [0.25, 0.3) is 5.91 Å². The summed E-state index contributed by atoms with van der Waals surface area (Å²) in [4.78, 5) is 45.9. The highest BCUT2D eigenvalue weighted by atomic mass is 19.1. The normalized spacial score (nSPS) is 14.6. The van der Waals surface area contributed by atoms with Crippen molar-refractivity contribution >= 4 is 34.3 Å². The molecule has 0 saturated carbocycles. The van der Waals surface area contributed by atoms with E-state index in [2.05, 4.69) is 4.98 Å². The first kappa shape index (κ1) is 33.2. The Morgan fingerprint density at radius 1 is 0.959 bits per heavy atom. The number of halogens is 1. The van der Waals surface area contributed by atoms with E-state index >= 15 is 4.39 Å². The van der Waals surface area contributed by atoms with Crippen molar-refractivity contribution in [2.75, 3.05) is 44.4 Å². The summed E-state index contributed by atoms with van der Waals surface area (Å²) in [5, 5.41) is 20.5. The van der Waals surface area contributed by atoms with E-state index in [1.165, 1.54) is 6.07 Å². The number of hydrogen-bond donors (Lipinski definition) is 2. The monoisotopic (exact) mass is 666 g/mol. The van der Waals surface area contributed by atoms with Gasteiger partial charge in [0.05, 0.1) is 36.1 Å². The van der Waals surface area contributed by atoms with Crippen molar-refractivity contribution < 1.29 is 38.5 Å². The third kappa shape index (κ3) is 7.09. The van der Waals surface area contributed by atoms with Gasteiger partial charge in [0.1, 0.15) is 29.7 Å². The molecule has 0 spiro atoms. The lowest BCUT2D eigenvalue weighted by Crippen LogP contribution is -2.57. The number of carbonyl (C=O) groups excluding carboxylic acids is 1. The number of fused-ring (bicyclic) bond motifs is 1. The summed E-state index contributed by atoms with van der Waals surface area (Å²) >= 11 is 0. The molecule has 0 bridgehead atoms. The van der Waals surface area contributed by atoms with Crippen LogP contribution < -0.4 is 9.64 Å². The Kier molecular flexibility index (Phi) is 9.58. The average Bonchev–Trinajstić information content (AvgIpc) is 3.53. The number of carboxylic acid groups (broad SMARTS) is 2. The quantitative estimate of drug-likeness (QED) is 0.183. The zero-order chi connectivity index (χ0) is 34.7. The van der Waals surface area contributed by atoms with Gasteiger partial charge in [-0.3, -0.25) is 9.36 Å². The van der Waals surface area contributed by atoms with Crippen LogP contribution in [0.25, 0.3) is 27.8 Å². The summed E-state index contributed by atoms with van der Waals surface area (Å²) in [6.45, 7) is 4.25. The minimum Gasteiger partial charge on any atom is -0.494 e. The maximum atomic E-state index is 15.4. The van der Waals surface area contributed by atoms with Crippen molar-refractivity contribution in [2.24, 2.45) is 0 Å². The summed E-state index contributed by atoms with van der Waals surface area (Å²) in [5.74, 6) is -2.31. The molecular weight excluding hydrogens is 631 g/mol. The van der Waals surface area contributed by atoms with E-state index in [1.54, 1.807) is 71.1 Å². The van der Waals surface area contributed by atoms with Gasteiger partial charge < -0.3 is 29.5 Å². The Morgan fingerprint density at radius 2 is 1.78 bits per heavy atom. The summed E-state index contributed by atoms with van der Waals surface area (Å²) in [5.41, 5.74) is 2.43. The van der Waals surface area contributed by atoms with Crippen molar-refractivity contribution in [1.29, 1.82) is 0 Å². The van der Waals surface area contributed by atoms with Crippen LogP contribution in [0.5, 0.6) is 5.75 Å². The highest BCUT2D eigenvalue weighted by Gasteiger charge is 2.34. The van der Waals surface area contributed by atoms with Crippen LogP contribution in [0.1, 0.15) is 33.3 Å². The second-order valence-electron chi connectivity index (χ2n) is 11.8. The molecule has 1 aromatic heterocycles. The molecule has 1 aliphatic heterocycles. The van der Waals surface area contributed by atoms with Crippen LogP contribution in [-0.2, 0) is 9.53 Å². The van der Waals surface area contributed by atoms with Gasteiger partial charge in [0, 0.05) is 37.6 Å². The Labute approximate surface area is 281 Å². The van der Waals surface area contributed by atoms with Crippen molar-refractivity contribution in [3.63, 3.8) is 0 Å². The molecule has 1 atom stereocenters. The molecule has 2 heterocycles. The number of carboxylic acids is 2. The Hall–Kier alpha value is -5.75. The molecule has 1 aliphatic rings. The number of rotatable bonds is 11. The standard InChI is InChI=1S/C37H35FN4O7/c1-3-49-28-9-6-8-25(17-28)42-20-33(39-35(42)30-12-11-23(2)15-32(30)38)36(45)41-14-13-40(19-27(41)21-48-22-34(43)44)26-16-24-7-4-5-10-29(24)31(18-26)37(46)47/h4-12,15-18,20,27H,3,13-14,19,21-22H2,1-2H3,(H,43,44)(H,46,47)/t27-/m0/s1. The number of hydrogen-bond acceptors (Lipinski definition) is 7. The van der Waals surface area contributed by atoms with Crippen molar-refractivity contribution in [1.82, 2.24) is 14.5 Å². The number of imidazole rings is 1. The maximum absolute atomic E-state index is 15.4. The number of aromatic nitrogens is 2. The van der Waals surface area contributed by atoms with Gasteiger partial charge in [-0.2, -0.15) is 0 Å². The molecule has 5 aromatic rings. The topological polar surface area (TPSA) is 134 Å². The van der Waals surface area contributed by atoms with Gasteiger partial charge in [-0.25, -0.2) is 19.0 Å². The summed E-state index contributed by atoms with van der Waals surface area (Å²) in [6.07, 6.45) is 1.56. The van der Waals surface area contributed by atoms with E-state index in [0.717, 1.165) is 10.9 Å². The van der Waals surface area contributed by atoms with Gasteiger partial charge >= 0.3 is 11.9 Å². The number of piperazine rings is 1. The van der Waals surface area contributed by atoms with Crippen LogP contribution in [0.2, 0.25) is 0 Å². The highest BCUT2D eigenvalue weighted by Crippen LogP contribution is 2.31. The van der Waals surface area contributed by atoms with Gasteiger partial charge in [-0.05, 0) is 66.6 Å². The van der Waals surface area contributed by atoms with Gasteiger partial charge in [-0.15, -0.1) is 0 Å². The molecule has 6 rings (SSSR count). The Morgan fingerprint density at radius 3 is 2.53 bits per heavy atom. The van der Waals surface area contributed by atoms with Crippen LogP contribution in [0, 0.1) is 12.7 Å². The van der Waals surface area contributed by atoms with Crippen LogP contribution in [0.15, 0.2) is 85.1 Å². The number of ether oxygens (including phenoxy) is 2. The maximum Gasteiger partial charge on any atom is 0.336 e. The lowest BCUT2D eigenvalue weighted by atomic mass is 10.0. The average molecular weight is 667 g/mol. The molecule has 49 heavy (non-hydrogen) atoms. The number of aromatic carboxylic acids is 1. The number of carbonyl (C=O) groups is 3. The predicted molar refractivity (Wildman–Crippen MR) is 181 cm³/mol. The number of amides is 1. The number of benzene rings is 4. The number of aryl methyl sites for hydroxylation is 1. The molecule has 4 aromatic carbocycles. The van der Waals surface area contributed by atoms with Crippen LogP contribution >= 0.6 is 0 Å². The molecule has 0 aliphatic carbocycles. The molecule has 0 radical (unpaired) electrons. The molecule has 0 unspecified atom stereocenters. The second-order valence-corrected chi connectivity index (χ2v) is 11.8. The fourth-order valence-electron chi connectivity index (χ4n) is 6.14. The molecule has 1 amide bonds. The van der Waals surface area contributed by atoms with E-state index in [0.29, 0.717) is 35.7 Å². The Balaban J connectivity index is 1.36. The lowest BCUT2D eigenvalue weighted by molar-refractivity contribution is -0.142. The van der Waals surface area contributed by atoms with Crippen LogP contribution in [0.4, 0.5) is 10.1 Å². The fraction of sp³-hybridized carbons (Fsp3) is 0.243. The highest BCUT2D eigenvalue weighted by molar-refractivity contribution is 6.05. The molecular formula is C37H35FN4O7. The first-order chi connectivity index (χ1) is 23.6. The van der Waals surface area contributed by atoms with E-state index in [9.17, 15) is 24.6 Å². The van der Waals surface area contributed by atoms with Gasteiger partial charge in [0.2, 0.25) is 0 Å². The first-order valence-electron chi connectivity index (χ1n) is 15.8. The zero-order valence-electron chi connectivity index (χ0n) is 27.0. The number of aliphatic carboxylic acids is 1. The van der Waals surface area contributed by atoms with Crippen molar-refractivity contribution in [3.05, 3.63) is 108 Å². The molecule has 2 N–H and O–H groups in total. The van der Waals surface area contributed by atoms with Crippen LogP contribution in [-0.4, -0.2) is 88.0 Å². The molecule has 1 fully saturated rings. The minimum absolute atomic E-state index is 0.0624. The van der Waals surface area contributed by atoms with Gasteiger partial charge in [-0.1, -0.05) is 36.4 Å². The van der Waals surface area contributed by atoms with Gasteiger partial charge in [0.15, 0.2) is 0 Å². The van der Waals surface area contributed by atoms with Crippen molar-refractivity contribution in [3.8, 4) is 22.8 Å².